The van der Waals surface area contributed by atoms with E-state index in [1.807, 2.05) is 18.2 Å². The van der Waals surface area contributed by atoms with Gasteiger partial charge in [-0.05, 0) is 44.5 Å². The van der Waals surface area contributed by atoms with E-state index in [2.05, 4.69) is 21.7 Å². The van der Waals surface area contributed by atoms with Crippen LogP contribution in [0.3, 0.4) is 0 Å². The summed E-state index contributed by atoms with van der Waals surface area (Å²) < 4.78 is 5.92. The Morgan fingerprint density at radius 3 is 3.15 bits per heavy atom. The lowest BCUT2D eigenvalue weighted by atomic mass is 10.1. The van der Waals surface area contributed by atoms with E-state index in [-0.39, 0.29) is 0 Å². The zero-order valence-electron chi connectivity index (χ0n) is 11.7. The second-order valence-electron chi connectivity index (χ2n) is 6.02. The van der Waals surface area contributed by atoms with E-state index in [9.17, 15) is 0 Å². The molecule has 1 aromatic carbocycles. The van der Waals surface area contributed by atoms with Crippen LogP contribution in [0.4, 0.5) is 11.7 Å². The van der Waals surface area contributed by atoms with Crippen molar-refractivity contribution in [1.29, 1.82) is 0 Å². The molecule has 0 saturated carbocycles. The topological polar surface area (TPSA) is 58.5 Å². The van der Waals surface area contributed by atoms with E-state index in [0.29, 0.717) is 12.1 Å². The fourth-order valence-corrected chi connectivity index (χ4v) is 3.51. The molecule has 2 aliphatic rings. The Hall–Kier alpha value is -1.75. The van der Waals surface area contributed by atoms with Gasteiger partial charge in [0.25, 0.3) is 6.01 Å². The van der Waals surface area contributed by atoms with Gasteiger partial charge in [-0.15, -0.1) is 0 Å². The highest BCUT2D eigenvalue weighted by molar-refractivity contribution is 5.78. The molecule has 2 fully saturated rings. The zero-order chi connectivity index (χ0) is 13.7. The Morgan fingerprint density at radius 2 is 2.25 bits per heavy atom. The zero-order valence-corrected chi connectivity index (χ0v) is 11.7. The molecule has 0 spiro atoms. The molecule has 4 rings (SSSR count). The van der Waals surface area contributed by atoms with E-state index < -0.39 is 0 Å². The van der Waals surface area contributed by atoms with E-state index in [1.54, 1.807) is 0 Å². The van der Waals surface area contributed by atoms with Gasteiger partial charge in [-0.2, -0.15) is 4.98 Å². The molecule has 106 valence electrons. The number of rotatable bonds is 1. The summed E-state index contributed by atoms with van der Waals surface area (Å²) in [6.45, 7) is 5.61. The molecule has 3 heterocycles. The number of piperazine rings is 1. The predicted molar refractivity (Wildman–Crippen MR) is 79.8 cm³/mol. The second-order valence-corrected chi connectivity index (χ2v) is 6.02. The number of benzene rings is 1. The first kappa shape index (κ1) is 12.0. The number of fused-ring (bicyclic) bond motifs is 2. The summed E-state index contributed by atoms with van der Waals surface area (Å²) in [5.41, 5.74) is 8.20. The summed E-state index contributed by atoms with van der Waals surface area (Å²) in [4.78, 5) is 9.53. The highest BCUT2D eigenvalue weighted by Crippen LogP contribution is 2.30. The normalized spacial score (nSPS) is 27.1. The van der Waals surface area contributed by atoms with Crippen LogP contribution in [0, 0.1) is 0 Å². The van der Waals surface area contributed by atoms with Gasteiger partial charge in [0.05, 0.1) is 0 Å². The molecule has 1 aromatic heterocycles. The molecule has 5 nitrogen and oxygen atoms in total. The van der Waals surface area contributed by atoms with Gasteiger partial charge in [-0.1, -0.05) is 0 Å². The van der Waals surface area contributed by atoms with Gasteiger partial charge in [-0.3, -0.25) is 4.90 Å². The third-order valence-electron chi connectivity index (χ3n) is 4.58. The molecule has 2 atom stereocenters. The molecule has 2 unspecified atom stereocenters. The van der Waals surface area contributed by atoms with Crippen molar-refractivity contribution in [3.8, 4) is 0 Å². The van der Waals surface area contributed by atoms with Crippen LogP contribution in [0.2, 0.25) is 0 Å². The van der Waals surface area contributed by atoms with Crippen LogP contribution in [0.1, 0.15) is 19.8 Å². The summed E-state index contributed by atoms with van der Waals surface area (Å²) in [6, 6.07) is 7.47. The van der Waals surface area contributed by atoms with E-state index >= 15 is 0 Å². The summed E-state index contributed by atoms with van der Waals surface area (Å²) in [7, 11) is 0. The number of hydrogen-bond donors (Lipinski definition) is 1. The lowest BCUT2D eigenvalue weighted by Crippen LogP contribution is -2.55. The average Bonchev–Trinajstić information content (AvgIpc) is 3.02. The number of oxazole rings is 1. The maximum Gasteiger partial charge on any atom is 0.298 e. The van der Waals surface area contributed by atoms with Gasteiger partial charge in [0.1, 0.15) is 5.52 Å². The second kappa shape index (κ2) is 4.38. The average molecular weight is 272 g/mol. The van der Waals surface area contributed by atoms with Crippen LogP contribution in [0.15, 0.2) is 22.6 Å². The SMILES string of the molecule is CC1CN2CCCC2CN1c1nc2cc(N)ccc2o1. The van der Waals surface area contributed by atoms with Crippen LogP contribution >= 0.6 is 0 Å². The first-order valence-electron chi connectivity index (χ1n) is 7.37. The van der Waals surface area contributed by atoms with Crippen molar-refractivity contribution in [3.05, 3.63) is 18.2 Å². The molecule has 5 heteroatoms. The molecular weight excluding hydrogens is 252 g/mol. The lowest BCUT2D eigenvalue weighted by Gasteiger charge is -2.41. The molecule has 2 N–H and O–H groups in total. The maximum atomic E-state index is 5.92. The third-order valence-corrected chi connectivity index (χ3v) is 4.58. The fraction of sp³-hybridized carbons (Fsp3) is 0.533. The number of nitrogens with two attached hydrogens (primary N) is 1. The Kier molecular flexibility index (Phi) is 2.63. The molecule has 2 saturated heterocycles. The summed E-state index contributed by atoms with van der Waals surface area (Å²) in [5.74, 6) is 0. The van der Waals surface area contributed by atoms with Gasteiger partial charge in [0, 0.05) is 30.9 Å². The van der Waals surface area contributed by atoms with Crippen LogP contribution < -0.4 is 10.6 Å². The fourth-order valence-electron chi connectivity index (χ4n) is 3.51. The lowest BCUT2D eigenvalue weighted by molar-refractivity contribution is 0.198. The molecule has 20 heavy (non-hydrogen) atoms. The van der Waals surface area contributed by atoms with Gasteiger partial charge in [-0.25, -0.2) is 0 Å². The van der Waals surface area contributed by atoms with Gasteiger partial charge in [0.2, 0.25) is 0 Å². The molecule has 0 aliphatic carbocycles. The Balaban J connectivity index is 1.67. The van der Waals surface area contributed by atoms with Crippen molar-refractivity contribution >= 4 is 22.8 Å². The first-order valence-corrected chi connectivity index (χ1v) is 7.37. The largest absolute Gasteiger partial charge is 0.423 e. The molecular formula is C15H20N4O. The highest BCUT2D eigenvalue weighted by Gasteiger charge is 2.36. The third kappa shape index (κ3) is 1.85. The smallest absolute Gasteiger partial charge is 0.298 e. The molecule has 2 aromatic rings. The Bertz CT molecular complexity index is 638. The summed E-state index contributed by atoms with van der Waals surface area (Å²) >= 11 is 0. The number of nitrogens with zero attached hydrogens (tertiary/aromatic N) is 3. The summed E-state index contributed by atoms with van der Waals surface area (Å²) in [5, 5.41) is 0. The van der Waals surface area contributed by atoms with E-state index in [1.165, 1.54) is 19.4 Å². The van der Waals surface area contributed by atoms with Crippen molar-refractivity contribution in [2.75, 3.05) is 30.3 Å². The van der Waals surface area contributed by atoms with Crippen LogP contribution in [0.25, 0.3) is 11.1 Å². The minimum atomic E-state index is 0.440. The number of anilines is 2. The van der Waals surface area contributed by atoms with Crippen molar-refractivity contribution in [2.45, 2.75) is 31.8 Å². The van der Waals surface area contributed by atoms with Crippen LogP contribution in [-0.2, 0) is 0 Å². The first-order chi connectivity index (χ1) is 9.70. The molecule has 0 bridgehead atoms. The van der Waals surface area contributed by atoms with Crippen LogP contribution in [0.5, 0.6) is 0 Å². The maximum absolute atomic E-state index is 5.92. The van der Waals surface area contributed by atoms with Crippen molar-refractivity contribution < 1.29 is 4.42 Å². The Labute approximate surface area is 118 Å². The number of hydrogen-bond acceptors (Lipinski definition) is 5. The number of aromatic nitrogens is 1. The van der Waals surface area contributed by atoms with Crippen LogP contribution in [-0.4, -0.2) is 41.6 Å². The number of nitrogen functional groups attached to an aromatic ring is 1. The minimum absolute atomic E-state index is 0.440. The van der Waals surface area contributed by atoms with Crippen molar-refractivity contribution in [2.24, 2.45) is 0 Å². The van der Waals surface area contributed by atoms with Gasteiger partial charge < -0.3 is 15.1 Å². The minimum Gasteiger partial charge on any atom is -0.423 e. The summed E-state index contributed by atoms with van der Waals surface area (Å²) in [6.07, 6.45) is 2.60. The Morgan fingerprint density at radius 1 is 1.35 bits per heavy atom. The van der Waals surface area contributed by atoms with Crippen molar-refractivity contribution in [1.82, 2.24) is 9.88 Å². The van der Waals surface area contributed by atoms with E-state index in [4.69, 9.17) is 10.2 Å². The quantitative estimate of drug-likeness (QED) is 0.805. The molecule has 0 amide bonds. The van der Waals surface area contributed by atoms with Gasteiger partial charge in [0.15, 0.2) is 5.58 Å². The molecule has 2 aliphatic heterocycles. The standard InChI is InChI=1S/C15H20N4O/c1-10-8-18-6-2-3-12(18)9-19(10)15-17-13-7-11(16)4-5-14(13)20-15/h4-5,7,10,12H,2-3,6,8-9,16H2,1H3. The molecule has 0 radical (unpaired) electrons. The predicted octanol–water partition coefficient (Wildman–Crippen LogP) is 2.08. The monoisotopic (exact) mass is 272 g/mol. The highest BCUT2D eigenvalue weighted by atomic mass is 16.4. The van der Waals surface area contributed by atoms with Crippen molar-refractivity contribution in [3.63, 3.8) is 0 Å². The van der Waals surface area contributed by atoms with Gasteiger partial charge >= 0.3 is 0 Å². The van der Waals surface area contributed by atoms with E-state index in [0.717, 1.165) is 35.9 Å².